The summed E-state index contributed by atoms with van der Waals surface area (Å²) in [6.45, 7) is 3.14. The highest BCUT2D eigenvalue weighted by Crippen LogP contribution is 2.25. The molecule has 0 spiro atoms. The standard InChI is InChI=1S/C16H18N2O/c1-12-7-9-13(10-8-12)19-16-6-2-4-15(18-16)14-5-3-11-17-14/h2,4,6-10,14,17H,3,5,11H2,1H3/t14-/m1/s1. The zero-order valence-electron chi connectivity index (χ0n) is 11.1. The van der Waals surface area contributed by atoms with Gasteiger partial charge in [0.05, 0.1) is 5.69 Å². The summed E-state index contributed by atoms with van der Waals surface area (Å²) >= 11 is 0. The molecule has 1 atom stereocenters. The highest BCUT2D eigenvalue weighted by Gasteiger charge is 2.17. The summed E-state index contributed by atoms with van der Waals surface area (Å²) in [4.78, 5) is 4.59. The van der Waals surface area contributed by atoms with E-state index in [1.807, 2.05) is 36.4 Å². The first kappa shape index (κ1) is 12.2. The van der Waals surface area contributed by atoms with Gasteiger partial charge in [0.1, 0.15) is 5.75 Å². The Labute approximate surface area is 113 Å². The molecule has 3 nitrogen and oxygen atoms in total. The third-order valence-electron chi connectivity index (χ3n) is 3.41. The van der Waals surface area contributed by atoms with E-state index in [1.165, 1.54) is 12.0 Å². The quantitative estimate of drug-likeness (QED) is 0.908. The summed E-state index contributed by atoms with van der Waals surface area (Å²) in [6, 6.07) is 14.4. The Balaban J connectivity index is 1.77. The van der Waals surface area contributed by atoms with Crippen LogP contribution >= 0.6 is 0 Å². The molecular weight excluding hydrogens is 236 g/mol. The van der Waals surface area contributed by atoms with E-state index in [4.69, 9.17) is 4.74 Å². The topological polar surface area (TPSA) is 34.1 Å². The second-order valence-electron chi connectivity index (χ2n) is 4.96. The number of rotatable bonds is 3. The van der Waals surface area contributed by atoms with Crippen LogP contribution in [0.5, 0.6) is 11.6 Å². The Kier molecular flexibility index (Phi) is 3.47. The van der Waals surface area contributed by atoms with Gasteiger partial charge in [-0.1, -0.05) is 23.8 Å². The van der Waals surface area contributed by atoms with E-state index in [1.54, 1.807) is 0 Å². The fourth-order valence-corrected chi connectivity index (χ4v) is 2.35. The molecule has 1 aliphatic heterocycles. The van der Waals surface area contributed by atoms with Gasteiger partial charge in [-0.15, -0.1) is 0 Å². The summed E-state index contributed by atoms with van der Waals surface area (Å²) in [5.41, 5.74) is 2.30. The molecule has 3 rings (SSSR count). The van der Waals surface area contributed by atoms with E-state index in [-0.39, 0.29) is 0 Å². The van der Waals surface area contributed by atoms with Crippen LogP contribution in [-0.2, 0) is 0 Å². The summed E-state index contributed by atoms with van der Waals surface area (Å²) < 4.78 is 5.79. The molecule has 0 radical (unpaired) electrons. The zero-order chi connectivity index (χ0) is 13.1. The number of hydrogen-bond donors (Lipinski definition) is 1. The molecule has 0 saturated carbocycles. The molecule has 19 heavy (non-hydrogen) atoms. The maximum absolute atomic E-state index is 5.79. The van der Waals surface area contributed by atoms with Crippen molar-refractivity contribution in [3.8, 4) is 11.6 Å². The van der Waals surface area contributed by atoms with Crippen LogP contribution in [0.2, 0.25) is 0 Å². The Bertz CT molecular complexity index is 545. The second kappa shape index (κ2) is 5.41. The lowest BCUT2D eigenvalue weighted by atomic mass is 10.1. The molecule has 1 aromatic carbocycles. The Morgan fingerprint density at radius 1 is 1.16 bits per heavy atom. The zero-order valence-corrected chi connectivity index (χ0v) is 11.1. The van der Waals surface area contributed by atoms with Gasteiger partial charge in [0.25, 0.3) is 0 Å². The lowest BCUT2D eigenvalue weighted by Gasteiger charge is -2.11. The Hall–Kier alpha value is -1.87. The lowest BCUT2D eigenvalue weighted by Crippen LogP contribution is -2.14. The third kappa shape index (κ3) is 2.93. The molecular formula is C16H18N2O. The molecule has 1 aromatic heterocycles. The lowest BCUT2D eigenvalue weighted by molar-refractivity contribution is 0.456. The molecule has 2 aromatic rings. The number of nitrogens with one attached hydrogen (secondary N) is 1. The minimum Gasteiger partial charge on any atom is -0.439 e. The van der Waals surface area contributed by atoms with Crippen LogP contribution in [0.1, 0.15) is 30.1 Å². The molecule has 0 unspecified atom stereocenters. The molecule has 2 heterocycles. The van der Waals surface area contributed by atoms with Gasteiger partial charge in [0.15, 0.2) is 0 Å². The number of hydrogen-bond acceptors (Lipinski definition) is 3. The van der Waals surface area contributed by atoms with E-state index in [0.29, 0.717) is 11.9 Å². The van der Waals surface area contributed by atoms with E-state index in [2.05, 4.69) is 23.3 Å². The fraction of sp³-hybridized carbons (Fsp3) is 0.312. The van der Waals surface area contributed by atoms with Crippen molar-refractivity contribution in [2.75, 3.05) is 6.54 Å². The van der Waals surface area contributed by atoms with Gasteiger partial charge in [-0.25, -0.2) is 4.98 Å². The molecule has 0 aliphatic carbocycles. The second-order valence-corrected chi connectivity index (χ2v) is 4.96. The van der Waals surface area contributed by atoms with E-state index in [0.717, 1.165) is 24.4 Å². The summed E-state index contributed by atoms with van der Waals surface area (Å²) in [6.07, 6.45) is 2.37. The van der Waals surface area contributed by atoms with Gasteiger partial charge in [0, 0.05) is 12.1 Å². The van der Waals surface area contributed by atoms with Gasteiger partial charge in [-0.3, -0.25) is 0 Å². The van der Waals surface area contributed by atoms with E-state index >= 15 is 0 Å². The van der Waals surface area contributed by atoms with Crippen LogP contribution < -0.4 is 10.1 Å². The summed E-state index contributed by atoms with van der Waals surface area (Å²) in [7, 11) is 0. The Morgan fingerprint density at radius 3 is 2.74 bits per heavy atom. The van der Waals surface area contributed by atoms with Crippen molar-refractivity contribution in [2.24, 2.45) is 0 Å². The van der Waals surface area contributed by atoms with Gasteiger partial charge >= 0.3 is 0 Å². The maximum atomic E-state index is 5.79. The predicted octanol–water partition coefficient (Wildman–Crippen LogP) is 3.61. The monoisotopic (exact) mass is 254 g/mol. The van der Waals surface area contributed by atoms with E-state index < -0.39 is 0 Å². The van der Waals surface area contributed by atoms with Crippen molar-refractivity contribution in [1.29, 1.82) is 0 Å². The van der Waals surface area contributed by atoms with Crippen LogP contribution in [0.3, 0.4) is 0 Å². The van der Waals surface area contributed by atoms with Crippen LogP contribution in [-0.4, -0.2) is 11.5 Å². The average Bonchev–Trinajstić information content (AvgIpc) is 2.96. The highest BCUT2D eigenvalue weighted by atomic mass is 16.5. The molecule has 98 valence electrons. The molecule has 0 bridgehead atoms. The van der Waals surface area contributed by atoms with Crippen molar-refractivity contribution in [3.05, 3.63) is 53.7 Å². The first-order chi connectivity index (χ1) is 9.31. The van der Waals surface area contributed by atoms with Crippen molar-refractivity contribution < 1.29 is 4.74 Å². The minimum absolute atomic E-state index is 0.376. The molecule has 1 fully saturated rings. The van der Waals surface area contributed by atoms with Crippen LogP contribution in [0.25, 0.3) is 0 Å². The van der Waals surface area contributed by atoms with Crippen molar-refractivity contribution in [3.63, 3.8) is 0 Å². The van der Waals surface area contributed by atoms with Crippen LogP contribution in [0.4, 0.5) is 0 Å². The Morgan fingerprint density at radius 2 is 2.00 bits per heavy atom. The third-order valence-corrected chi connectivity index (χ3v) is 3.41. The smallest absolute Gasteiger partial charge is 0.219 e. The molecule has 0 amide bonds. The predicted molar refractivity (Wildman–Crippen MR) is 75.5 cm³/mol. The normalized spacial score (nSPS) is 18.5. The van der Waals surface area contributed by atoms with Crippen molar-refractivity contribution >= 4 is 0 Å². The largest absolute Gasteiger partial charge is 0.439 e. The first-order valence-corrected chi connectivity index (χ1v) is 6.76. The van der Waals surface area contributed by atoms with Crippen LogP contribution in [0, 0.1) is 6.92 Å². The van der Waals surface area contributed by atoms with Crippen molar-refractivity contribution in [1.82, 2.24) is 10.3 Å². The minimum atomic E-state index is 0.376. The fourth-order valence-electron chi connectivity index (χ4n) is 2.35. The van der Waals surface area contributed by atoms with Gasteiger partial charge in [-0.05, 0) is 44.5 Å². The summed E-state index contributed by atoms with van der Waals surface area (Å²) in [5.74, 6) is 1.49. The maximum Gasteiger partial charge on any atom is 0.219 e. The first-order valence-electron chi connectivity index (χ1n) is 6.76. The van der Waals surface area contributed by atoms with E-state index in [9.17, 15) is 0 Å². The van der Waals surface area contributed by atoms with Crippen LogP contribution in [0.15, 0.2) is 42.5 Å². The number of ether oxygens (including phenoxy) is 1. The number of pyridine rings is 1. The molecule has 3 heteroatoms. The van der Waals surface area contributed by atoms with Crippen molar-refractivity contribution in [2.45, 2.75) is 25.8 Å². The van der Waals surface area contributed by atoms with Gasteiger partial charge in [-0.2, -0.15) is 0 Å². The highest BCUT2D eigenvalue weighted by molar-refractivity contribution is 5.30. The molecule has 1 aliphatic rings. The number of aryl methyl sites for hydroxylation is 1. The molecule has 1 saturated heterocycles. The average molecular weight is 254 g/mol. The number of nitrogens with zero attached hydrogens (tertiary/aromatic N) is 1. The summed E-state index contributed by atoms with van der Waals surface area (Å²) in [5, 5.41) is 3.45. The number of benzene rings is 1. The number of aromatic nitrogens is 1. The van der Waals surface area contributed by atoms with Gasteiger partial charge in [0.2, 0.25) is 5.88 Å². The van der Waals surface area contributed by atoms with Gasteiger partial charge < -0.3 is 10.1 Å². The SMILES string of the molecule is Cc1ccc(Oc2cccc([C@H]3CCCN3)n2)cc1. The molecule has 1 N–H and O–H groups in total.